The van der Waals surface area contributed by atoms with Gasteiger partial charge in [0.15, 0.2) is 6.04 Å². The quantitative estimate of drug-likeness (QED) is 0.544. The molecule has 0 aromatic heterocycles. The highest BCUT2D eigenvalue weighted by Crippen LogP contribution is 2.35. The molecule has 0 spiro atoms. The number of hydrogen-bond donors (Lipinski definition) is 1. The van der Waals surface area contributed by atoms with Gasteiger partial charge in [-0.25, -0.2) is 0 Å². The van der Waals surface area contributed by atoms with E-state index < -0.39 is 20.2 Å². The summed E-state index contributed by atoms with van der Waals surface area (Å²) in [6.45, 7) is 10.4. The lowest BCUT2D eigenvalue weighted by molar-refractivity contribution is -0.181. The molecular weight excluding hydrogens is 257 g/mol. The van der Waals surface area contributed by atoms with E-state index in [4.69, 9.17) is 9.36 Å². The van der Waals surface area contributed by atoms with Crippen LogP contribution in [0.4, 0.5) is 0 Å². The minimum absolute atomic E-state index is 0.254. The smallest absolute Gasteiger partial charge is 0.480 e. The van der Waals surface area contributed by atoms with Crippen molar-refractivity contribution in [1.29, 1.82) is 0 Å². The van der Waals surface area contributed by atoms with Gasteiger partial charge in [-0.1, -0.05) is 13.8 Å². The molecule has 7 heteroatoms. The summed E-state index contributed by atoms with van der Waals surface area (Å²) in [4.78, 5) is 17.6. The summed E-state index contributed by atoms with van der Waals surface area (Å²) in [5.74, 6) is -1.34. The van der Waals surface area contributed by atoms with Crippen LogP contribution < -0.4 is 0 Å². The monoisotopic (exact) mass is 280 g/mol. The molecule has 0 fully saturated rings. The van der Waals surface area contributed by atoms with E-state index in [-0.39, 0.29) is 18.1 Å². The lowest BCUT2D eigenvalue weighted by Gasteiger charge is -2.22. The molecule has 0 saturated carbocycles. The SMILES string of the molecule is CC(C)ON(C(C(=O)O)C(C)C)[P+](=O)OC(C)C. The third-order valence-corrected chi connectivity index (χ3v) is 3.17. The molecule has 0 aliphatic heterocycles. The molecule has 0 aromatic carbocycles. The summed E-state index contributed by atoms with van der Waals surface area (Å²) in [7, 11) is -2.34. The molecule has 18 heavy (non-hydrogen) atoms. The molecule has 1 N–H and O–H groups in total. The van der Waals surface area contributed by atoms with E-state index >= 15 is 0 Å². The zero-order valence-electron chi connectivity index (χ0n) is 11.8. The summed E-state index contributed by atoms with van der Waals surface area (Å²) in [6.07, 6.45) is -0.547. The number of aliphatic carboxylic acids is 1. The Morgan fingerprint density at radius 2 is 1.61 bits per heavy atom. The van der Waals surface area contributed by atoms with E-state index in [2.05, 4.69) is 0 Å². The van der Waals surface area contributed by atoms with E-state index in [0.717, 1.165) is 4.83 Å². The molecule has 6 nitrogen and oxygen atoms in total. The van der Waals surface area contributed by atoms with Crippen molar-refractivity contribution in [3.8, 4) is 0 Å². The lowest BCUT2D eigenvalue weighted by atomic mass is 10.1. The maximum atomic E-state index is 12.0. The number of hydroxylamine groups is 1. The minimum atomic E-state index is -2.34. The van der Waals surface area contributed by atoms with Crippen molar-refractivity contribution in [2.75, 3.05) is 0 Å². The van der Waals surface area contributed by atoms with Crippen LogP contribution in [0.5, 0.6) is 0 Å². The van der Waals surface area contributed by atoms with Crippen LogP contribution in [0.25, 0.3) is 0 Å². The number of carbonyl (C=O) groups is 1. The van der Waals surface area contributed by atoms with Crippen molar-refractivity contribution < 1.29 is 23.8 Å². The normalized spacial score (nSPS) is 14.7. The van der Waals surface area contributed by atoms with Crippen LogP contribution in [0.1, 0.15) is 41.5 Å². The number of carboxylic acids is 1. The van der Waals surface area contributed by atoms with Gasteiger partial charge in [0, 0.05) is 0 Å². The topological polar surface area (TPSA) is 76.1 Å². The minimum Gasteiger partial charge on any atom is -0.480 e. The Morgan fingerprint density at radius 3 is 1.89 bits per heavy atom. The predicted octanol–water partition coefficient (Wildman–Crippen LogP) is 2.82. The second-order valence-electron chi connectivity index (χ2n) is 4.88. The number of rotatable bonds is 8. The Hall–Kier alpha value is -0.550. The largest absolute Gasteiger partial charge is 0.643 e. The molecule has 106 valence electrons. The average Bonchev–Trinajstić information content (AvgIpc) is 2.13. The molecule has 0 bridgehead atoms. The fourth-order valence-corrected chi connectivity index (χ4v) is 2.57. The van der Waals surface area contributed by atoms with Gasteiger partial charge in [0.05, 0.1) is 10.9 Å². The van der Waals surface area contributed by atoms with E-state index in [0.29, 0.717) is 0 Å². The molecule has 0 aliphatic rings. The Balaban J connectivity index is 5.06. The molecule has 0 radical (unpaired) electrons. The second kappa shape index (κ2) is 7.79. The molecular formula is C11H23NO5P+. The third-order valence-electron chi connectivity index (χ3n) is 1.90. The Labute approximate surface area is 109 Å². The van der Waals surface area contributed by atoms with Crippen molar-refractivity contribution in [3.63, 3.8) is 0 Å². The Kier molecular flexibility index (Phi) is 7.55. The first-order chi connectivity index (χ1) is 8.16. The fraction of sp³-hybridized carbons (Fsp3) is 0.909. The highest BCUT2D eigenvalue weighted by molar-refractivity contribution is 7.36. The van der Waals surface area contributed by atoms with Gasteiger partial charge in [-0.15, -0.1) is 4.52 Å². The highest BCUT2D eigenvalue weighted by atomic mass is 31.1. The van der Waals surface area contributed by atoms with Crippen LogP contribution >= 0.6 is 8.18 Å². The van der Waals surface area contributed by atoms with Crippen molar-refractivity contribution in [2.45, 2.75) is 59.8 Å². The van der Waals surface area contributed by atoms with Crippen molar-refractivity contribution in [2.24, 2.45) is 5.92 Å². The fourth-order valence-electron chi connectivity index (χ4n) is 1.28. The Bertz CT molecular complexity index is 293. The molecule has 2 atom stereocenters. The predicted molar refractivity (Wildman–Crippen MR) is 68.1 cm³/mol. The van der Waals surface area contributed by atoms with Crippen LogP contribution in [0, 0.1) is 5.92 Å². The zero-order chi connectivity index (χ0) is 14.5. The first-order valence-electron chi connectivity index (χ1n) is 5.99. The van der Waals surface area contributed by atoms with E-state index in [1.807, 2.05) is 0 Å². The van der Waals surface area contributed by atoms with Gasteiger partial charge in [0.2, 0.25) is 0 Å². The zero-order valence-corrected chi connectivity index (χ0v) is 12.7. The molecule has 0 saturated heterocycles. The van der Waals surface area contributed by atoms with Gasteiger partial charge >= 0.3 is 14.1 Å². The van der Waals surface area contributed by atoms with Crippen LogP contribution in [0.3, 0.4) is 0 Å². The van der Waals surface area contributed by atoms with Crippen LogP contribution in [0.15, 0.2) is 0 Å². The van der Waals surface area contributed by atoms with Gasteiger partial charge < -0.3 is 5.11 Å². The van der Waals surface area contributed by atoms with Gasteiger partial charge in [0.25, 0.3) is 0 Å². The standard InChI is InChI=1S/C11H22NO5P/c1-7(2)10(11(13)14)12(16-8(3)4)18(15)17-9(5)6/h7-10H,1-6H3/p+1. The molecule has 0 rings (SSSR count). The summed E-state index contributed by atoms with van der Waals surface area (Å²) in [5, 5.41) is 9.20. The number of nitrogens with zero attached hydrogens (tertiary/aromatic N) is 1. The summed E-state index contributed by atoms with van der Waals surface area (Å²) in [6, 6.07) is -1.00. The third kappa shape index (κ3) is 5.87. The van der Waals surface area contributed by atoms with Crippen LogP contribution in [-0.4, -0.2) is 34.2 Å². The Morgan fingerprint density at radius 1 is 1.11 bits per heavy atom. The first kappa shape index (κ1) is 17.4. The maximum absolute atomic E-state index is 12.0. The van der Waals surface area contributed by atoms with Gasteiger partial charge in [-0.05, 0) is 38.2 Å². The summed E-state index contributed by atoms with van der Waals surface area (Å²) < 4.78 is 17.1. The highest BCUT2D eigenvalue weighted by Gasteiger charge is 2.46. The van der Waals surface area contributed by atoms with E-state index in [1.54, 1.807) is 41.5 Å². The average molecular weight is 280 g/mol. The molecule has 0 aliphatic carbocycles. The van der Waals surface area contributed by atoms with Gasteiger partial charge in [-0.3, -0.25) is 9.63 Å². The lowest BCUT2D eigenvalue weighted by Crippen LogP contribution is -2.42. The number of carboxylic acid groups (broad SMARTS) is 1. The molecule has 0 heterocycles. The van der Waals surface area contributed by atoms with Crippen molar-refractivity contribution >= 4 is 14.1 Å². The summed E-state index contributed by atoms with van der Waals surface area (Å²) >= 11 is 0. The first-order valence-corrected chi connectivity index (χ1v) is 7.12. The van der Waals surface area contributed by atoms with E-state index in [1.165, 1.54) is 0 Å². The van der Waals surface area contributed by atoms with Crippen LogP contribution in [0.2, 0.25) is 0 Å². The van der Waals surface area contributed by atoms with Gasteiger partial charge in [-0.2, -0.15) is 0 Å². The van der Waals surface area contributed by atoms with Gasteiger partial charge in [0.1, 0.15) is 6.10 Å². The molecule has 0 aromatic rings. The van der Waals surface area contributed by atoms with Crippen molar-refractivity contribution in [3.05, 3.63) is 0 Å². The van der Waals surface area contributed by atoms with Crippen molar-refractivity contribution in [1.82, 2.24) is 4.83 Å². The summed E-state index contributed by atoms with van der Waals surface area (Å²) in [5.41, 5.74) is 0. The maximum Gasteiger partial charge on any atom is 0.643 e. The van der Waals surface area contributed by atoms with E-state index in [9.17, 15) is 14.5 Å². The second-order valence-corrected chi connectivity index (χ2v) is 5.96. The number of hydrogen-bond acceptors (Lipinski definition) is 4. The van der Waals surface area contributed by atoms with Crippen LogP contribution in [-0.2, 0) is 18.7 Å². The molecule has 2 unspecified atom stereocenters. The molecule has 0 amide bonds.